The summed E-state index contributed by atoms with van der Waals surface area (Å²) in [7, 11) is 0. The number of aliphatic hydroxyl groups is 1. The predicted octanol–water partition coefficient (Wildman–Crippen LogP) is 3.38. The van der Waals surface area contributed by atoms with Crippen molar-refractivity contribution in [1.82, 2.24) is 20.5 Å². The lowest BCUT2D eigenvalue weighted by Crippen LogP contribution is -2.58. The van der Waals surface area contributed by atoms with E-state index in [2.05, 4.69) is 15.6 Å². The van der Waals surface area contributed by atoms with Gasteiger partial charge in [0, 0.05) is 33.8 Å². The lowest BCUT2D eigenvalue weighted by atomic mass is 9.98. The van der Waals surface area contributed by atoms with Gasteiger partial charge < -0.3 is 25.6 Å². The second-order valence-electron chi connectivity index (χ2n) is 10.9. The first-order chi connectivity index (χ1) is 18.1. The number of aliphatic hydroxyl groups excluding tert-OH is 1. The van der Waals surface area contributed by atoms with E-state index in [4.69, 9.17) is 0 Å². The molecule has 2 aromatic carbocycles. The number of thioether (sulfide) groups is 1. The summed E-state index contributed by atoms with van der Waals surface area (Å²) >= 11 is 1.59. The Morgan fingerprint density at radius 3 is 2.55 bits per heavy atom. The first-order valence-corrected chi connectivity index (χ1v) is 13.9. The quantitative estimate of drug-likeness (QED) is 0.354. The normalized spacial score (nSPS) is 21.3. The number of carbonyl (C=O) groups excluding carboxylic acids is 3. The predicted molar refractivity (Wildman–Crippen MR) is 149 cm³/mol. The first kappa shape index (κ1) is 26.3. The lowest BCUT2D eigenvalue weighted by Gasteiger charge is -2.31. The summed E-state index contributed by atoms with van der Waals surface area (Å²) in [6, 6.07) is 13.2. The van der Waals surface area contributed by atoms with E-state index in [9.17, 15) is 19.5 Å². The van der Waals surface area contributed by atoms with E-state index in [-0.39, 0.29) is 42.0 Å². The zero-order chi connectivity index (χ0) is 27.2. The number of H-pyrrole nitrogens is 1. The van der Waals surface area contributed by atoms with Crippen LogP contribution in [0.25, 0.3) is 10.9 Å². The maximum absolute atomic E-state index is 13.9. The van der Waals surface area contributed by atoms with Crippen LogP contribution in [0.2, 0.25) is 0 Å². The van der Waals surface area contributed by atoms with Crippen molar-refractivity contribution in [3.8, 4) is 0 Å². The van der Waals surface area contributed by atoms with E-state index in [1.807, 2.05) is 76.4 Å². The van der Waals surface area contributed by atoms with Crippen LogP contribution < -0.4 is 10.6 Å². The molecular weight excluding hydrogens is 500 g/mol. The highest BCUT2D eigenvalue weighted by Crippen LogP contribution is 2.56. The van der Waals surface area contributed by atoms with Gasteiger partial charge in [0.15, 0.2) is 0 Å². The molecule has 4 N–H and O–H groups in total. The summed E-state index contributed by atoms with van der Waals surface area (Å²) in [4.78, 5) is 45.7. The largest absolute Gasteiger partial charge is 0.394 e. The Balaban J connectivity index is 1.44. The Morgan fingerprint density at radius 1 is 1.11 bits per heavy atom. The molecule has 9 heteroatoms. The lowest BCUT2D eigenvalue weighted by molar-refractivity contribution is -0.132. The van der Waals surface area contributed by atoms with Crippen molar-refractivity contribution in [1.29, 1.82) is 0 Å². The smallest absolute Gasteiger partial charge is 0.256 e. The van der Waals surface area contributed by atoms with Gasteiger partial charge in [0.1, 0.15) is 17.5 Å². The van der Waals surface area contributed by atoms with Crippen LogP contribution in [0.1, 0.15) is 54.6 Å². The van der Waals surface area contributed by atoms with Crippen molar-refractivity contribution < 1.29 is 19.5 Å². The van der Waals surface area contributed by atoms with Crippen LogP contribution in [0, 0.1) is 5.92 Å². The van der Waals surface area contributed by atoms with Crippen molar-refractivity contribution in [3.05, 3.63) is 71.4 Å². The third kappa shape index (κ3) is 4.58. The molecule has 3 aromatic rings. The zero-order valence-corrected chi connectivity index (χ0v) is 22.8. The number of benzene rings is 2. The number of hydrogen-bond donors (Lipinski definition) is 4. The average molecular weight is 535 g/mol. The first-order valence-electron chi connectivity index (χ1n) is 13.0. The molecule has 0 aliphatic carbocycles. The van der Waals surface area contributed by atoms with Crippen molar-refractivity contribution in [2.75, 3.05) is 6.61 Å². The van der Waals surface area contributed by atoms with Crippen molar-refractivity contribution in [3.63, 3.8) is 0 Å². The van der Waals surface area contributed by atoms with Gasteiger partial charge in [0.2, 0.25) is 11.8 Å². The number of para-hydroxylation sites is 1. The number of rotatable bonds is 8. The third-order valence-corrected chi connectivity index (χ3v) is 9.14. The molecule has 0 spiro atoms. The number of amides is 3. The van der Waals surface area contributed by atoms with Crippen LogP contribution in [-0.2, 0) is 16.0 Å². The van der Waals surface area contributed by atoms with Gasteiger partial charge in [-0.2, -0.15) is 0 Å². The summed E-state index contributed by atoms with van der Waals surface area (Å²) in [5.74, 6) is -0.884. The fraction of sp³-hybridized carbons (Fsp3) is 0.414. The van der Waals surface area contributed by atoms with Gasteiger partial charge in [-0.05, 0) is 43.0 Å². The summed E-state index contributed by atoms with van der Waals surface area (Å²) in [5, 5.41) is 16.4. The molecule has 3 amide bonds. The minimum atomic E-state index is -0.894. The fourth-order valence-electron chi connectivity index (χ4n) is 5.49. The molecule has 0 radical (unpaired) electrons. The van der Waals surface area contributed by atoms with E-state index in [0.29, 0.717) is 5.56 Å². The van der Waals surface area contributed by atoms with Crippen LogP contribution in [0.5, 0.6) is 0 Å². The molecule has 2 aliphatic heterocycles. The van der Waals surface area contributed by atoms with Crippen molar-refractivity contribution in [2.45, 2.75) is 62.4 Å². The second kappa shape index (κ2) is 10.1. The molecule has 8 nitrogen and oxygen atoms in total. The molecule has 4 unspecified atom stereocenters. The number of nitrogens with zero attached hydrogens (tertiary/aromatic N) is 1. The standard InChI is InChI=1S/C29H34N4O4S/c1-16(2)23(15-34)32-25(35)22(13-17-14-30-21-12-8-7-9-18(17)21)31-26(36)24-29(3,4)38-28-20-11-6-5-10-19(20)27(37)33(24)28/h5-12,14,16,22-24,28,30,34H,13,15H2,1-4H3,(H,31,36)(H,32,35). The van der Waals surface area contributed by atoms with Gasteiger partial charge in [0.25, 0.3) is 5.91 Å². The maximum Gasteiger partial charge on any atom is 0.256 e. The second-order valence-corrected chi connectivity index (χ2v) is 12.7. The van der Waals surface area contributed by atoms with E-state index in [1.165, 1.54) is 0 Å². The number of nitrogens with one attached hydrogen (secondary N) is 3. The zero-order valence-electron chi connectivity index (χ0n) is 22.0. The van der Waals surface area contributed by atoms with E-state index in [1.54, 1.807) is 22.7 Å². The summed E-state index contributed by atoms with van der Waals surface area (Å²) in [5.41, 5.74) is 3.38. The topological polar surface area (TPSA) is 115 Å². The van der Waals surface area contributed by atoms with Gasteiger partial charge in [-0.15, -0.1) is 11.8 Å². The van der Waals surface area contributed by atoms with Crippen LogP contribution in [-0.4, -0.2) is 62.2 Å². The highest BCUT2D eigenvalue weighted by Gasteiger charge is 2.57. The molecule has 1 fully saturated rings. The molecule has 0 saturated carbocycles. The van der Waals surface area contributed by atoms with Crippen LogP contribution >= 0.6 is 11.8 Å². The number of hydrogen-bond acceptors (Lipinski definition) is 5. The molecule has 0 bridgehead atoms. The minimum absolute atomic E-state index is 0.0139. The number of aromatic nitrogens is 1. The van der Waals surface area contributed by atoms with Gasteiger partial charge >= 0.3 is 0 Å². The molecule has 5 rings (SSSR count). The molecule has 1 aromatic heterocycles. The van der Waals surface area contributed by atoms with Gasteiger partial charge in [0.05, 0.1) is 12.6 Å². The molecular formula is C29H34N4O4S. The van der Waals surface area contributed by atoms with Crippen LogP contribution in [0.3, 0.4) is 0 Å². The Labute approximate surface area is 226 Å². The Morgan fingerprint density at radius 2 is 1.82 bits per heavy atom. The average Bonchev–Trinajstić information content (AvgIpc) is 3.51. The van der Waals surface area contributed by atoms with Crippen LogP contribution in [0.4, 0.5) is 0 Å². The van der Waals surface area contributed by atoms with Gasteiger partial charge in [-0.3, -0.25) is 14.4 Å². The molecule has 2 aliphatic rings. The summed E-state index contributed by atoms with van der Waals surface area (Å²) in [6.07, 6.45) is 2.12. The van der Waals surface area contributed by atoms with Crippen molar-refractivity contribution >= 4 is 40.4 Å². The van der Waals surface area contributed by atoms with Crippen LogP contribution in [0.15, 0.2) is 54.7 Å². The fourth-order valence-corrected chi connectivity index (χ4v) is 7.08. The molecule has 4 atom stereocenters. The Kier molecular flexibility index (Phi) is 7.00. The van der Waals surface area contributed by atoms with Crippen molar-refractivity contribution in [2.24, 2.45) is 5.92 Å². The van der Waals surface area contributed by atoms with Gasteiger partial charge in [-0.1, -0.05) is 50.2 Å². The SMILES string of the molecule is CC(C)C(CO)NC(=O)C(Cc1c[nH]c2ccccc12)NC(=O)C1N2C(=O)c3ccccc3C2SC1(C)C. The number of carbonyl (C=O) groups is 3. The number of aromatic amines is 1. The monoisotopic (exact) mass is 534 g/mol. The Hall–Kier alpha value is -3.30. The molecule has 3 heterocycles. The number of fused-ring (bicyclic) bond motifs is 4. The third-order valence-electron chi connectivity index (χ3n) is 7.61. The maximum atomic E-state index is 13.9. The summed E-state index contributed by atoms with van der Waals surface area (Å²) in [6.45, 7) is 7.56. The molecule has 38 heavy (non-hydrogen) atoms. The molecule has 1 saturated heterocycles. The summed E-state index contributed by atoms with van der Waals surface area (Å²) < 4.78 is -0.564. The highest BCUT2D eigenvalue weighted by molar-refractivity contribution is 8.01. The van der Waals surface area contributed by atoms with Gasteiger partial charge in [-0.25, -0.2) is 0 Å². The Bertz CT molecular complexity index is 1380. The molecule has 200 valence electrons. The minimum Gasteiger partial charge on any atom is -0.394 e. The highest BCUT2D eigenvalue weighted by atomic mass is 32.2. The van der Waals surface area contributed by atoms with E-state index < -0.39 is 22.9 Å². The van der Waals surface area contributed by atoms with E-state index in [0.717, 1.165) is 22.0 Å². The van der Waals surface area contributed by atoms with E-state index >= 15 is 0 Å².